The largest absolute Gasteiger partial charge is 0.125 e. The lowest BCUT2D eigenvalue weighted by Crippen LogP contribution is -2.21. The summed E-state index contributed by atoms with van der Waals surface area (Å²) >= 11 is 12.5. The Labute approximate surface area is 88.3 Å². The highest BCUT2D eigenvalue weighted by Gasteiger charge is 2.74. The molecule has 70 valence electrons. The first-order valence-corrected chi connectivity index (χ1v) is 6.01. The smallest absolute Gasteiger partial charge is 0.101 e. The lowest BCUT2D eigenvalue weighted by Gasteiger charge is -2.25. The summed E-state index contributed by atoms with van der Waals surface area (Å²) in [6, 6.07) is 0. The van der Waals surface area contributed by atoms with Crippen LogP contribution in [-0.4, -0.2) is 4.33 Å². The standard InChI is InChI=1S/C11H12Cl2/c12-11(13)8-4-7-5-1-2-6(3-5)9(7)10(8)11/h1-2,5-10H,3-4H2. The Balaban J connectivity index is 1.74. The Bertz CT molecular complexity index is 307. The first kappa shape index (κ1) is 7.59. The average molecular weight is 215 g/mol. The molecule has 0 radical (unpaired) electrons. The van der Waals surface area contributed by atoms with E-state index in [1.165, 1.54) is 12.8 Å². The molecule has 0 saturated heterocycles. The fourth-order valence-corrected chi connectivity index (χ4v) is 5.28. The SMILES string of the molecule is ClC1(Cl)C2CC3C4C=CC(C4)C3C21. The first-order valence-electron chi connectivity index (χ1n) is 5.25. The van der Waals surface area contributed by atoms with Crippen LogP contribution in [0.25, 0.3) is 0 Å². The highest BCUT2D eigenvalue weighted by atomic mass is 35.5. The van der Waals surface area contributed by atoms with Gasteiger partial charge in [0.2, 0.25) is 0 Å². The minimum atomic E-state index is -0.334. The van der Waals surface area contributed by atoms with Crippen LogP contribution in [0, 0.1) is 35.5 Å². The summed E-state index contributed by atoms with van der Waals surface area (Å²) in [6.45, 7) is 0. The Morgan fingerprint density at radius 1 is 1.08 bits per heavy atom. The van der Waals surface area contributed by atoms with E-state index >= 15 is 0 Å². The van der Waals surface area contributed by atoms with Crippen molar-refractivity contribution in [1.29, 1.82) is 0 Å². The van der Waals surface area contributed by atoms with Crippen molar-refractivity contribution in [3.63, 3.8) is 0 Å². The molecule has 0 heterocycles. The Morgan fingerprint density at radius 3 is 2.69 bits per heavy atom. The highest BCUT2D eigenvalue weighted by molar-refractivity contribution is 6.51. The number of allylic oxidation sites excluding steroid dienone is 2. The van der Waals surface area contributed by atoms with Crippen molar-refractivity contribution in [2.75, 3.05) is 0 Å². The monoisotopic (exact) mass is 214 g/mol. The molecule has 2 bridgehead atoms. The summed E-state index contributed by atoms with van der Waals surface area (Å²) < 4.78 is -0.334. The predicted molar refractivity (Wildman–Crippen MR) is 53.8 cm³/mol. The lowest BCUT2D eigenvalue weighted by molar-refractivity contribution is 0.310. The zero-order valence-corrected chi connectivity index (χ0v) is 8.80. The maximum Gasteiger partial charge on any atom is 0.125 e. The third kappa shape index (κ3) is 0.699. The quantitative estimate of drug-likeness (QED) is 0.429. The molecule has 0 N–H and O–H groups in total. The minimum Gasteiger partial charge on any atom is -0.101 e. The normalized spacial score (nSPS) is 63.8. The van der Waals surface area contributed by atoms with Crippen molar-refractivity contribution in [1.82, 2.24) is 0 Å². The number of rotatable bonds is 0. The van der Waals surface area contributed by atoms with Gasteiger partial charge >= 0.3 is 0 Å². The van der Waals surface area contributed by atoms with E-state index < -0.39 is 0 Å². The Kier molecular flexibility index (Phi) is 1.15. The van der Waals surface area contributed by atoms with E-state index in [1.807, 2.05) is 0 Å². The van der Waals surface area contributed by atoms with Gasteiger partial charge in [0.1, 0.15) is 4.33 Å². The fraction of sp³-hybridized carbons (Fsp3) is 0.818. The summed E-state index contributed by atoms with van der Waals surface area (Å²) in [6.07, 6.45) is 7.54. The number of hydrogen-bond acceptors (Lipinski definition) is 0. The highest BCUT2D eigenvalue weighted by Crippen LogP contribution is 2.76. The van der Waals surface area contributed by atoms with Gasteiger partial charge in [0.15, 0.2) is 0 Å². The summed E-state index contributed by atoms with van der Waals surface area (Å²) in [7, 11) is 0. The molecule has 2 heteroatoms. The number of alkyl halides is 2. The van der Waals surface area contributed by atoms with Crippen molar-refractivity contribution in [2.24, 2.45) is 35.5 Å². The van der Waals surface area contributed by atoms with Gasteiger partial charge in [-0.25, -0.2) is 0 Å². The molecule has 4 rings (SSSR count). The van der Waals surface area contributed by atoms with Gasteiger partial charge in [0, 0.05) is 5.92 Å². The van der Waals surface area contributed by atoms with Gasteiger partial charge in [-0.05, 0) is 42.4 Å². The molecule has 0 amide bonds. The summed E-state index contributed by atoms with van der Waals surface area (Å²) in [5.74, 6) is 4.76. The van der Waals surface area contributed by atoms with Crippen LogP contribution in [0.5, 0.6) is 0 Å². The van der Waals surface area contributed by atoms with Gasteiger partial charge in [-0.15, -0.1) is 23.2 Å². The number of hydrogen-bond donors (Lipinski definition) is 0. The van der Waals surface area contributed by atoms with Crippen molar-refractivity contribution in [2.45, 2.75) is 17.2 Å². The van der Waals surface area contributed by atoms with Crippen LogP contribution in [0.3, 0.4) is 0 Å². The lowest BCUT2D eigenvalue weighted by atomic mass is 9.82. The van der Waals surface area contributed by atoms with Crippen molar-refractivity contribution >= 4 is 23.2 Å². The van der Waals surface area contributed by atoms with Crippen molar-refractivity contribution < 1.29 is 0 Å². The van der Waals surface area contributed by atoms with Crippen LogP contribution in [0.1, 0.15) is 12.8 Å². The van der Waals surface area contributed by atoms with E-state index in [-0.39, 0.29) is 4.33 Å². The molecular weight excluding hydrogens is 203 g/mol. The molecule has 3 saturated carbocycles. The van der Waals surface area contributed by atoms with Gasteiger partial charge in [0.25, 0.3) is 0 Å². The van der Waals surface area contributed by atoms with Gasteiger partial charge in [0.05, 0.1) is 0 Å². The molecule has 0 aromatic heterocycles. The fourth-order valence-electron chi connectivity index (χ4n) is 4.37. The number of halogens is 2. The van der Waals surface area contributed by atoms with Crippen LogP contribution < -0.4 is 0 Å². The third-order valence-corrected chi connectivity index (χ3v) is 5.96. The van der Waals surface area contributed by atoms with Crippen LogP contribution in [0.2, 0.25) is 0 Å². The maximum absolute atomic E-state index is 6.25. The van der Waals surface area contributed by atoms with Gasteiger partial charge in [-0.3, -0.25) is 0 Å². The van der Waals surface area contributed by atoms with Crippen LogP contribution >= 0.6 is 23.2 Å². The molecule has 6 unspecified atom stereocenters. The average Bonchev–Trinajstić information content (AvgIpc) is 2.58. The Morgan fingerprint density at radius 2 is 1.85 bits per heavy atom. The predicted octanol–water partition coefficient (Wildman–Crippen LogP) is 3.25. The van der Waals surface area contributed by atoms with E-state index in [0.29, 0.717) is 11.8 Å². The summed E-state index contributed by atoms with van der Waals surface area (Å²) in [5, 5.41) is 0. The van der Waals surface area contributed by atoms with Gasteiger partial charge < -0.3 is 0 Å². The molecule has 0 nitrogen and oxygen atoms in total. The molecule has 13 heavy (non-hydrogen) atoms. The van der Waals surface area contributed by atoms with Crippen molar-refractivity contribution in [3.05, 3.63) is 12.2 Å². The number of fused-ring (bicyclic) bond motifs is 7. The topological polar surface area (TPSA) is 0 Å². The summed E-state index contributed by atoms with van der Waals surface area (Å²) in [5.41, 5.74) is 0. The van der Waals surface area contributed by atoms with Gasteiger partial charge in [-0.1, -0.05) is 12.2 Å². The van der Waals surface area contributed by atoms with E-state index in [9.17, 15) is 0 Å². The molecule has 4 aliphatic carbocycles. The van der Waals surface area contributed by atoms with Crippen LogP contribution in [-0.2, 0) is 0 Å². The van der Waals surface area contributed by atoms with Crippen molar-refractivity contribution in [3.8, 4) is 0 Å². The molecule has 0 spiro atoms. The molecule has 0 aromatic rings. The third-order valence-electron chi connectivity index (χ3n) is 4.89. The van der Waals surface area contributed by atoms with Gasteiger partial charge in [-0.2, -0.15) is 0 Å². The van der Waals surface area contributed by atoms with E-state index in [1.54, 1.807) is 0 Å². The molecule has 6 atom stereocenters. The minimum absolute atomic E-state index is 0.334. The maximum atomic E-state index is 6.25. The van der Waals surface area contributed by atoms with E-state index in [0.717, 1.165) is 23.7 Å². The van der Waals surface area contributed by atoms with E-state index in [4.69, 9.17) is 23.2 Å². The van der Waals surface area contributed by atoms with E-state index in [2.05, 4.69) is 12.2 Å². The second-order valence-corrected chi connectivity index (χ2v) is 6.68. The first-order chi connectivity index (χ1) is 6.19. The second kappa shape index (κ2) is 1.97. The Hall–Kier alpha value is 0.320. The van der Waals surface area contributed by atoms with Crippen LogP contribution in [0.15, 0.2) is 12.2 Å². The molecule has 0 aliphatic heterocycles. The zero-order chi connectivity index (χ0) is 8.79. The summed E-state index contributed by atoms with van der Waals surface area (Å²) in [4.78, 5) is 0. The molecular formula is C11H12Cl2. The van der Waals surface area contributed by atoms with Crippen LogP contribution in [0.4, 0.5) is 0 Å². The second-order valence-electron chi connectivity index (χ2n) is 5.23. The molecule has 4 aliphatic rings. The zero-order valence-electron chi connectivity index (χ0n) is 7.29. The molecule has 3 fully saturated rings. The molecule has 0 aromatic carbocycles.